The Hall–Kier alpha value is -4.06. The normalized spacial score (nSPS) is 14.4. The van der Waals surface area contributed by atoms with Gasteiger partial charge >= 0.3 is 0 Å². The number of para-hydroxylation sites is 1. The molecule has 1 aliphatic rings. The Bertz CT molecular complexity index is 1390. The van der Waals surface area contributed by atoms with Gasteiger partial charge in [0.2, 0.25) is 5.91 Å². The lowest BCUT2D eigenvalue weighted by Crippen LogP contribution is -2.48. The molecule has 6 heteroatoms. The number of nitrogens with zero attached hydrogens (tertiary/aromatic N) is 2. The van der Waals surface area contributed by atoms with Crippen molar-refractivity contribution < 1.29 is 18.3 Å². The Balaban J connectivity index is 1.38. The Morgan fingerprint density at radius 1 is 1.00 bits per heavy atom. The quantitative estimate of drug-likeness (QED) is 0.336. The molecule has 0 aliphatic carbocycles. The summed E-state index contributed by atoms with van der Waals surface area (Å²) in [6.07, 6.45) is 3.41. The summed E-state index contributed by atoms with van der Waals surface area (Å²) in [6.45, 7) is 4.16. The van der Waals surface area contributed by atoms with E-state index in [1.54, 1.807) is 36.5 Å². The van der Waals surface area contributed by atoms with Crippen LogP contribution >= 0.6 is 0 Å². The molecule has 1 saturated heterocycles. The Kier molecular flexibility index (Phi) is 6.27. The lowest BCUT2D eigenvalue weighted by Gasteiger charge is -2.35. The highest BCUT2D eigenvalue weighted by molar-refractivity contribution is 6.00. The third kappa shape index (κ3) is 4.52. The van der Waals surface area contributed by atoms with Gasteiger partial charge in [-0.05, 0) is 36.3 Å². The van der Waals surface area contributed by atoms with Gasteiger partial charge < -0.3 is 19.0 Å². The third-order valence-electron chi connectivity index (χ3n) is 6.53. The molecule has 1 amide bonds. The van der Waals surface area contributed by atoms with Gasteiger partial charge in [-0.1, -0.05) is 42.5 Å². The minimum atomic E-state index is -0.236. The van der Waals surface area contributed by atoms with Crippen LogP contribution in [-0.4, -0.2) is 44.1 Å². The molecule has 4 aromatic rings. The number of amides is 1. The molecular weight excluding hydrogens is 443 g/mol. The van der Waals surface area contributed by atoms with Gasteiger partial charge in [0.05, 0.1) is 19.1 Å². The number of allylic oxidation sites excluding steroid dienone is 1. The van der Waals surface area contributed by atoms with Crippen LogP contribution in [0.4, 0.5) is 10.1 Å². The third-order valence-corrected chi connectivity index (χ3v) is 6.53. The molecule has 1 aromatic heterocycles. The first kappa shape index (κ1) is 22.7. The Morgan fingerprint density at radius 3 is 2.43 bits per heavy atom. The van der Waals surface area contributed by atoms with Crippen LogP contribution < -0.4 is 9.64 Å². The number of hydrogen-bond acceptors (Lipinski definition) is 4. The molecule has 0 N–H and O–H groups in total. The van der Waals surface area contributed by atoms with E-state index in [4.69, 9.17) is 9.15 Å². The van der Waals surface area contributed by atoms with E-state index in [9.17, 15) is 9.18 Å². The monoisotopic (exact) mass is 470 g/mol. The number of piperazine rings is 1. The van der Waals surface area contributed by atoms with Gasteiger partial charge in [0.25, 0.3) is 0 Å². The molecule has 1 aliphatic heterocycles. The van der Waals surface area contributed by atoms with Crippen LogP contribution in [0.3, 0.4) is 0 Å². The number of carbonyl (C=O) groups is 1. The van der Waals surface area contributed by atoms with Crippen LogP contribution in [0.25, 0.3) is 27.7 Å². The molecule has 0 atom stereocenters. The van der Waals surface area contributed by atoms with Gasteiger partial charge in [0.1, 0.15) is 17.1 Å². The van der Waals surface area contributed by atoms with Gasteiger partial charge in [-0.2, -0.15) is 0 Å². The number of ether oxygens (including phenoxy) is 1. The van der Waals surface area contributed by atoms with Crippen molar-refractivity contribution >= 4 is 28.1 Å². The molecule has 5 nitrogen and oxygen atoms in total. The van der Waals surface area contributed by atoms with Crippen LogP contribution in [0.15, 0.2) is 83.5 Å². The predicted molar refractivity (Wildman–Crippen MR) is 137 cm³/mol. The fourth-order valence-corrected chi connectivity index (χ4v) is 4.60. The van der Waals surface area contributed by atoms with Crippen molar-refractivity contribution in [3.8, 4) is 16.9 Å². The summed E-state index contributed by atoms with van der Waals surface area (Å²) in [6, 6.07) is 20.7. The maximum atomic E-state index is 14.1. The van der Waals surface area contributed by atoms with Crippen molar-refractivity contribution in [2.75, 3.05) is 38.2 Å². The zero-order valence-electron chi connectivity index (χ0n) is 19.8. The second kappa shape index (κ2) is 9.66. The molecule has 0 radical (unpaired) electrons. The summed E-state index contributed by atoms with van der Waals surface area (Å²) in [5, 5.41) is 0.964. The van der Waals surface area contributed by atoms with Crippen molar-refractivity contribution in [1.29, 1.82) is 0 Å². The van der Waals surface area contributed by atoms with Gasteiger partial charge in [-0.3, -0.25) is 4.79 Å². The lowest BCUT2D eigenvalue weighted by atomic mass is 9.99. The van der Waals surface area contributed by atoms with Crippen molar-refractivity contribution in [3.63, 3.8) is 0 Å². The summed E-state index contributed by atoms with van der Waals surface area (Å²) >= 11 is 0. The number of fused-ring (bicyclic) bond motifs is 1. The highest BCUT2D eigenvalue weighted by atomic mass is 19.1. The molecule has 178 valence electrons. The molecule has 0 bridgehead atoms. The van der Waals surface area contributed by atoms with Crippen molar-refractivity contribution in [1.82, 2.24) is 4.90 Å². The molecule has 0 spiro atoms. The zero-order valence-corrected chi connectivity index (χ0v) is 19.8. The SMILES string of the molecule is COc1cc2occ(-c3ccccc3)c2cc1/C(C)=C/C(=O)N1CCN(c2ccccc2F)CC1. The van der Waals surface area contributed by atoms with E-state index in [-0.39, 0.29) is 11.7 Å². The van der Waals surface area contributed by atoms with Crippen molar-refractivity contribution in [2.24, 2.45) is 0 Å². The number of methoxy groups -OCH3 is 1. The van der Waals surface area contributed by atoms with Crippen molar-refractivity contribution in [2.45, 2.75) is 6.92 Å². The molecule has 5 rings (SSSR count). The maximum absolute atomic E-state index is 14.1. The lowest BCUT2D eigenvalue weighted by molar-refractivity contribution is -0.126. The molecule has 0 unspecified atom stereocenters. The summed E-state index contributed by atoms with van der Waals surface area (Å²) in [5.74, 6) is 0.352. The van der Waals surface area contributed by atoms with Gasteiger partial charge in [-0.15, -0.1) is 0 Å². The molecule has 2 heterocycles. The number of anilines is 1. The second-order valence-electron chi connectivity index (χ2n) is 8.66. The van der Waals surface area contributed by atoms with Crippen LogP contribution in [0.5, 0.6) is 5.75 Å². The maximum Gasteiger partial charge on any atom is 0.246 e. The van der Waals surface area contributed by atoms with E-state index < -0.39 is 0 Å². The number of benzene rings is 3. The second-order valence-corrected chi connectivity index (χ2v) is 8.66. The number of rotatable bonds is 5. The standard InChI is InChI=1S/C29H27FN2O3/c1-20(16-29(33)32-14-12-31(13-15-32)26-11-7-6-10-25(26)30)22-17-23-24(21-8-4-3-5-9-21)19-35-28(23)18-27(22)34-2/h3-11,16-19H,12-15H2,1-2H3/b20-16+. The molecular formula is C29H27FN2O3. The fourth-order valence-electron chi connectivity index (χ4n) is 4.60. The summed E-state index contributed by atoms with van der Waals surface area (Å²) in [4.78, 5) is 16.9. The molecule has 1 fully saturated rings. The van der Waals surface area contributed by atoms with Crippen LogP contribution in [0.2, 0.25) is 0 Å². The molecule has 0 saturated carbocycles. The number of furan rings is 1. The average molecular weight is 471 g/mol. The van der Waals surface area contributed by atoms with E-state index in [1.807, 2.05) is 60.4 Å². The van der Waals surface area contributed by atoms with Crippen LogP contribution in [-0.2, 0) is 4.79 Å². The Labute approximate surface area is 204 Å². The van der Waals surface area contributed by atoms with Crippen LogP contribution in [0, 0.1) is 5.82 Å². The molecule has 35 heavy (non-hydrogen) atoms. The number of carbonyl (C=O) groups excluding carboxylic acids is 1. The summed E-state index contributed by atoms with van der Waals surface area (Å²) < 4.78 is 25.6. The van der Waals surface area contributed by atoms with E-state index >= 15 is 0 Å². The van der Waals surface area contributed by atoms with E-state index in [0.29, 0.717) is 37.6 Å². The minimum Gasteiger partial charge on any atom is -0.496 e. The predicted octanol–water partition coefficient (Wildman–Crippen LogP) is 6.00. The number of halogens is 1. The highest BCUT2D eigenvalue weighted by Crippen LogP contribution is 2.37. The topological polar surface area (TPSA) is 45.9 Å². The first-order valence-corrected chi connectivity index (χ1v) is 11.7. The number of hydrogen-bond donors (Lipinski definition) is 0. The van der Waals surface area contributed by atoms with E-state index in [1.165, 1.54) is 6.07 Å². The van der Waals surface area contributed by atoms with E-state index in [0.717, 1.165) is 33.2 Å². The van der Waals surface area contributed by atoms with Crippen molar-refractivity contribution in [3.05, 3.63) is 90.4 Å². The summed E-state index contributed by atoms with van der Waals surface area (Å²) in [7, 11) is 1.61. The molecule has 3 aromatic carbocycles. The van der Waals surface area contributed by atoms with Gasteiger partial charge in [0, 0.05) is 54.8 Å². The van der Waals surface area contributed by atoms with E-state index in [2.05, 4.69) is 0 Å². The fraction of sp³-hybridized carbons (Fsp3) is 0.207. The largest absolute Gasteiger partial charge is 0.496 e. The Morgan fingerprint density at radius 2 is 1.71 bits per heavy atom. The first-order chi connectivity index (χ1) is 17.0. The van der Waals surface area contributed by atoms with Gasteiger partial charge in [0.15, 0.2) is 0 Å². The zero-order chi connectivity index (χ0) is 24.4. The smallest absolute Gasteiger partial charge is 0.246 e. The average Bonchev–Trinajstić information content (AvgIpc) is 3.31. The van der Waals surface area contributed by atoms with Gasteiger partial charge in [-0.25, -0.2) is 4.39 Å². The summed E-state index contributed by atoms with van der Waals surface area (Å²) in [5.41, 5.74) is 5.02. The minimum absolute atomic E-state index is 0.0617. The highest BCUT2D eigenvalue weighted by Gasteiger charge is 2.22. The first-order valence-electron chi connectivity index (χ1n) is 11.7. The van der Waals surface area contributed by atoms with Crippen LogP contribution in [0.1, 0.15) is 12.5 Å².